The number of carbonyl (C=O) groups excluding carboxylic acids is 3. The van der Waals surface area contributed by atoms with Gasteiger partial charge in [0.25, 0.3) is 5.91 Å². The first-order valence-corrected chi connectivity index (χ1v) is 12.5. The first-order chi connectivity index (χ1) is 14.9. The molecule has 2 aliphatic carbocycles. The van der Waals surface area contributed by atoms with E-state index in [9.17, 15) is 14.4 Å². The van der Waals surface area contributed by atoms with Crippen LogP contribution in [0.4, 0.5) is 5.00 Å². The van der Waals surface area contributed by atoms with Crippen LogP contribution in [0.2, 0.25) is 0 Å². The average Bonchev–Trinajstić information content (AvgIpc) is 3.32. The van der Waals surface area contributed by atoms with Crippen LogP contribution < -0.4 is 5.32 Å². The number of carbonyl (C=O) groups is 3. The Labute approximate surface area is 189 Å². The van der Waals surface area contributed by atoms with Crippen LogP contribution in [-0.2, 0) is 40.0 Å². The average molecular weight is 462 g/mol. The number of aryl methyl sites for hydroxylation is 3. The van der Waals surface area contributed by atoms with Gasteiger partial charge in [-0.15, -0.1) is 22.7 Å². The molecule has 2 aromatic heterocycles. The highest BCUT2D eigenvalue weighted by atomic mass is 32.1. The summed E-state index contributed by atoms with van der Waals surface area (Å²) in [7, 11) is 0. The molecule has 166 valence electrons. The van der Waals surface area contributed by atoms with E-state index in [0.717, 1.165) is 61.8 Å². The third-order valence-corrected chi connectivity index (χ3v) is 7.93. The normalized spacial score (nSPS) is 15.2. The maximum atomic E-state index is 12.7. The molecule has 0 saturated heterocycles. The van der Waals surface area contributed by atoms with Crippen molar-refractivity contribution < 1.29 is 23.9 Å². The van der Waals surface area contributed by atoms with Gasteiger partial charge in [0, 0.05) is 9.75 Å². The molecule has 0 atom stereocenters. The van der Waals surface area contributed by atoms with Crippen LogP contribution in [0.1, 0.15) is 80.4 Å². The highest BCUT2D eigenvalue weighted by Gasteiger charge is 2.28. The molecule has 0 spiro atoms. The summed E-state index contributed by atoms with van der Waals surface area (Å²) in [5.41, 5.74) is 2.67. The van der Waals surface area contributed by atoms with Gasteiger partial charge in [0.1, 0.15) is 9.88 Å². The number of fused-ring (bicyclic) bond motifs is 2. The standard InChI is InChI=1S/C23H27NO5S2/c1-13(2)29-23(27)20-15-8-4-6-10-17(15)31-21(20)24-19(25)12-28-22(26)18-11-14-7-3-5-9-16(14)30-18/h11,13H,3-10,12H2,1-2H3,(H,24,25). The highest BCUT2D eigenvalue weighted by Crippen LogP contribution is 2.38. The molecule has 0 aliphatic heterocycles. The largest absolute Gasteiger partial charge is 0.459 e. The van der Waals surface area contributed by atoms with Crippen molar-refractivity contribution in [2.24, 2.45) is 0 Å². The molecule has 6 nitrogen and oxygen atoms in total. The number of esters is 2. The van der Waals surface area contributed by atoms with E-state index in [1.165, 1.54) is 33.1 Å². The number of ether oxygens (including phenoxy) is 2. The molecule has 0 aromatic carbocycles. The minimum absolute atomic E-state index is 0.243. The van der Waals surface area contributed by atoms with Gasteiger partial charge in [0.2, 0.25) is 0 Å². The Morgan fingerprint density at radius 1 is 0.968 bits per heavy atom. The van der Waals surface area contributed by atoms with Crippen LogP contribution in [0.3, 0.4) is 0 Å². The van der Waals surface area contributed by atoms with E-state index >= 15 is 0 Å². The predicted octanol–water partition coefficient (Wildman–Crippen LogP) is 4.93. The lowest BCUT2D eigenvalue weighted by Crippen LogP contribution is -2.22. The number of hydrogen-bond donors (Lipinski definition) is 1. The molecule has 2 aliphatic rings. The molecule has 0 saturated carbocycles. The molecule has 0 unspecified atom stereocenters. The zero-order valence-corrected chi connectivity index (χ0v) is 19.5. The van der Waals surface area contributed by atoms with Crippen molar-refractivity contribution in [2.75, 3.05) is 11.9 Å². The number of hydrogen-bond acceptors (Lipinski definition) is 7. The molecule has 2 heterocycles. The van der Waals surface area contributed by atoms with E-state index in [1.807, 2.05) is 6.07 Å². The molecular weight excluding hydrogens is 434 g/mol. The van der Waals surface area contributed by atoms with E-state index in [4.69, 9.17) is 9.47 Å². The quantitative estimate of drug-likeness (QED) is 0.617. The first-order valence-electron chi connectivity index (χ1n) is 10.9. The van der Waals surface area contributed by atoms with Crippen LogP contribution in [0, 0.1) is 0 Å². The SMILES string of the molecule is CC(C)OC(=O)c1c(NC(=O)COC(=O)c2cc3c(s2)CCCC3)sc2c1CCCC2. The maximum absolute atomic E-state index is 12.7. The lowest BCUT2D eigenvalue weighted by atomic mass is 9.95. The molecule has 31 heavy (non-hydrogen) atoms. The summed E-state index contributed by atoms with van der Waals surface area (Å²) < 4.78 is 10.7. The number of anilines is 1. The van der Waals surface area contributed by atoms with E-state index in [1.54, 1.807) is 13.8 Å². The number of amides is 1. The molecule has 0 fully saturated rings. The van der Waals surface area contributed by atoms with Crippen molar-refractivity contribution >= 4 is 45.5 Å². The van der Waals surface area contributed by atoms with E-state index < -0.39 is 17.8 Å². The van der Waals surface area contributed by atoms with Gasteiger partial charge in [-0.05, 0) is 82.4 Å². The fraction of sp³-hybridized carbons (Fsp3) is 0.522. The minimum Gasteiger partial charge on any atom is -0.459 e. The molecule has 1 N–H and O–H groups in total. The number of thiophene rings is 2. The first kappa shape index (κ1) is 22.0. The molecular formula is C23H27NO5S2. The number of nitrogens with one attached hydrogen (secondary N) is 1. The zero-order chi connectivity index (χ0) is 22.0. The van der Waals surface area contributed by atoms with Gasteiger partial charge < -0.3 is 14.8 Å². The molecule has 0 radical (unpaired) electrons. The Kier molecular flexibility index (Phi) is 6.77. The van der Waals surface area contributed by atoms with Crippen molar-refractivity contribution in [3.05, 3.63) is 37.4 Å². The summed E-state index contributed by atoms with van der Waals surface area (Å²) in [6.07, 6.45) is 7.85. The Hall–Kier alpha value is -2.19. The Morgan fingerprint density at radius 3 is 2.42 bits per heavy atom. The summed E-state index contributed by atoms with van der Waals surface area (Å²) in [6, 6.07) is 1.90. The van der Waals surface area contributed by atoms with Crippen molar-refractivity contribution in [2.45, 2.75) is 71.3 Å². The Bertz CT molecular complexity index is 981. The van der Waals surface area contributed by atoms with Crippen LogP contribution in [-0.4, -0.2) is 30.6 Å². The van der Waals surface area contributed by atoms with Crippen LogP contribution in [0.5, 0.6) is 0 Å². The minimum atomic E-state index is -0.473. The molecule has 0 bridgehead atoms. The fourth-order valence-electron chi connectivity index (χ4n) is 4.10. The molecule has 4 rings (SSSR count). The van der Waals surface area contributed by atoms with Gasteiger partial charge in [-0.3, -0.25) is 4.79 Å². The van der Waals surface area contributed by atoms with Crippen LogP contribution >= 0.6 is 22.7 Å². The van der Waals surface area contributed by atoms with Gasteiger partial charge in [-0.1, -0.05) is 0 Å². The lowest BCUT2D eigenvalue weighted by Gasteiger charge is -2.14. The zero-order valence-electron chi connectivity index (χ0n) is 17.9. The molecule has 8 heteroatoms. The van der Waals surface area contributed by atoms with E-state index in [0.29, 0.717) is 15.4 Å². The van der Waals surface area contributed by atoms with Gasteiger partial charge in [-0.2, -0.15) is 0 Å². The second kappa shape index (κ2) is 9.53. The van der Waals surface area contributed by atoms with Crippen molar-refractivity contribution in [1.82, 2.24) is 0 Å². The third kappa shape index (κ3) is 5.01. The summed E-state index contributed by atoms with van der Waals surface area (Å²) in [5.74, 6) is -1.34. The lowest BCUT2D eigenvalue weighted by molar-refractivity contribution is -0.119. The van der Waals surface area contributed by atoms with Gasteiger partial charge in [0.05, 0.1) is 11.7 Å². The topological polar surface area (TPSA) is 81.7 Å². The Morgan fingerprint density at radius 2 is 1.68 bits per heavy atom. The van der Waals surface area contributed by atoms with Crippen molar-refractivity contribution in [3.63, 3.8) is 0 Å². The van der Waals surface area contributed by atoms with Gasteiger partial charge in [0.15, 0.2) is 6.61 Å². The second-order valence-corrected chi connectivity index (χ2v) is 10.5. The van der Waals surface area contributed by atoms with Gasteiger partial charge in [-0.25, -0.2) is 9.59 Å². The van der Waals surface area contributed by atoms with Crippen LogP contribution in [0.25, 0.3) is 0 Å². The van der Waals surface area contributed by atoms with E-state index in [-0.39, 0.29) is 12.7 Å². The third-order valence-electron chi connectivity index (χ3n) is 5.50. The highest BCUT2D eigenvalue weighted by molar-refractivity contribution is 7.17. The fourth-order valence-corrected chi connectivity index (χ4v) is 6.54. The molecule has 1 amide bonds. The summed E-state index contributed by atoms with van der Waals surface area (Å²) in [5, 5.41) is 3.27. The van der Waals surface area contributed by atoms with Crippen molar-refractivity contribution in [3.8, 4) is 0 Å². The molecule has 2 aromatic rings. The van der Waals surface area contributed by atoms with Crippen molar-refractivity contribution in [1.29, 1.82) is 0 Å². The smallest absolute Gasteiger partial charge is 0.348 e. The monoisotopic (exact) mass is 461 g/mol. The van der Waals surface area contributed by atoms with Crippen LogP contribution in [0.15, 0.2) is 6.07 Å². The summed E-state index contributed by atoms with van der Waals surface area (Å²) >= 11 is 2.89. The van der Waals surface area contributed by atoms with E-state index in [2.05, 4.69) is 5.32 Å². The second-order valence-electron chi connectivity index (χ2n) is 8.26. The predicted molar refractivity (Wildman–Crippen MR) is 121 cm³/mol. The Balaban J connectivity index is 1.42. The van der Waals surface area contributed by atoms with Gasteiger partial charge >= 0.3 is 11.9 Å². The summed E-state index contributed by atoms with van der Waals surface area (Å²) in [4.78, 5) is 40.5. The summed E-state index contributed by atoms with van der Waals surface area (Å²) in [6.45, 7) is 3.22. The number of rotatable bonds is 6. The maximum Gasteiger partial charge on any atom is 0.348 e.